The maximum absolute atomic E-state index is 11.8. The van der Waals surface area contributed by atoms with Crippen LogP contribution in [-0.4, -0.2) is 33.6 Å². The predicted molar refractivity (Wildman–Crippen MR) is 69.0 cm³/mol. The van der Waals surface area contributed by atoms with Crippen LogP contribution in [0.3, 0.4) is 0 Å². The Morgan fingerprint density at radius 3 is 2.65 bits per heavy atom. The fourth-order valence-corrected chi connectivity index (χ4v) is 2.46. The zero-order valence-electron chi connectivity index (χ0n) is 11.3. The van der Waals surface area contributed by atoms with E-state index < -0.39 is 23.4 Å². The zero-order chi connectivity index (χ0) is 14.6. The third-order valence-corrected chi connectivity index (χ3v) is 3.60. The van der Waals surface area contributed by atoms with Crippen molar-refractivity contribution in [3.8, 4) is 0 Å². The highest BCUT2D eigenvalue weighted by Crippen LogP contribution is 2.27. The first-order valence-electron chi connectivity index (χ1n) is 6.94. The molecule has 20 heavy (non-hydrogen) atoms. The Kier molecular flexibility index (Phi) is 4.54. The topological polar surface area (TPSA) is 83.9 Å². The summed E-state index contributed by atoms with van der Waals surface area (Å²) in [6.45, 7) is 0. The number of amides is 2. The largest absolute Gasteiger partial charge is 0.389 e. The smallest absolute Gasteiger partial charge is 0.336 e. The average molecular weight is 281 g/mol. The highest BCUT2D eigenvalue weighted by atomic mass is 16.7. The van der Waals surface area contributed by atoms with E-state index in [9.17, 15) is 19.5 Å². The number of rotatable bonds is 3. The van der Waals surface area contributed by atoms with E-state index in [1.165, 1.54) is 0 Å². The molecule has 0 aromatic carbocycles. The van der Waals surface area contributed by atoms with Crippen LogP contribution in [0.15, 0.2) is 12.2 Å². The number of allylic oxidation sites excluding steroid dienone is 1. The van der Waals surface area contributed by atoms with Crippen molar-refractivity contribution in [1.29, 1.82) is 0 Å². The fourth-order valence-electron chi connectivity index (χ4n) is 2.46. The normalized spacial score (nSPS) is 28.9. The molecule has 1 heterocycles. The second-order valence-electron chi connectivity index (χ2n) is 5.37. The monoisotopic (exact) mass is 281 g/mol. The SMILES string of the molecule is O=C(CC1(O)C/C=C/CCCC1)ON1C(=O)CCC1=O. The van der Waals surface area contributed by atoms with Gasteiger partial charge in [0.2, 0.25) is 0 Å². The Balaban J connectivity index is 1.92. The second-order valence-corrected chi connectivity index (χ2v) is 5.37. The summed E-state index contributed by atoms with van der Waals surface area (Å²) in [5.74, 6) is -1.76. The predicted octanol–water partition coefficient (Wildman–Crippen LogP) is 1.24. The molecule has 1 unspecified atom stereocenters. The molecule has 0 radical (unpaired) electrons. The quantitative estimate of drug-likeness (QED) is 0.621. The minimum atomic E-state index is -1.15. The Morgan fingerprint density at radius 1 is 1.25 bits per heavy atom. The van der Waals surface area contributed by atoms with Crippen molar-refractivity contribution in [2.75, 3.05) is 0 Å². The lowest BCUT2D eigenvalue weighted by molar-refractivity contribution is -0.200. The van der Waals surface area contributed by atoms with Crippen LogP contribution in [0.1, 0.15) is 51.4 Å². The van der Waals surface area contributed by atoms with Gasteiger partial charge in [0.15, 0.2) is 0 Å². The van der Waals surface area contributed by atoms with Gasteiger partial charge in [-0.2, -0.15) is 0 Å². The van der Waals surface area contributed by atoms with E-state index in [1.54, 1.807) is 0 Å². The van der Waals surface area contributed by atoms with Gasteiger partial charge in [0.05, 0.1) is 12.0 Å². The van der Waals surface area contributed by atoms with Gasteiger partial charge >= 0.3 is 5.97 Å². The molecule has 0 aromatic rings. The second kappa shape index (κ2) is 6.17. The first kappa shape index (κ1) is 14.7. The summed E-state index contributed by atoms with van der Waals surface area (Å²) in [6, 6.07) is 0. The first-order valence-corrected chi connectivity index (χ1v) is 6.94. The lowest BCUT2D eigenvalue weighted by Gasteiger charge is -2.27. The van der Waals surface area contributed by atoms with Gasteiger partial charge in [-0.25, -0.2) is 4.79 Å². The number of hydrogen-bond donors (Lipinski definition) is 1. The highest BCUT2D eigenvalue weighted by Gasteiger charge is 2.36. The van der Waals surface area contributed by atoms with E-state index in [-0.39, 0.29) is 19.3 Å². The number of imide groups is 1. The summed E-state index contributed by atoms with van der Waals surface area (Å²) >= 11 is 0. The molecule has 6 nitrogen and oxygen atoms in total. The van der Waals surface area contributed by atoms with Crippen molar-refractivity contribution in [3.63, 3.8) is 0 Å². The zero-order valence-corrected chi connectivity index (χ0v) is 11.3. The summed E-state index contributed by atoms with van der Waals surface area (Å²) in [5, 5.41) is 10.9. The summed E-state index contributed by atoms with van der Waals surface area (Å²) in [7, 11) is 0. The van der Waals surface area contributed by atoms with E-state index in [1.807, 2.05) is 12.2 Å². The summed E-state index contributed by atoms with van der Waals surface area (Å²) in [5.41, 5.74) is -1.15. The Hall–Kier alpha value is -1.69. The standard InChI is InChI=1S/C14H19NO5/c16-11-6-7-12(17)15(11)20-13(18)10-14(19)8-4-2-1-3-5-9-14/h2,4,19H,1,3,5-10H2/b4-2+. The average Bonchev–Trinajstić information content (AvgIpc) is 2.66. The number of hydroxylamine groups is 2. The molecule has 1 N–H and O–H groups in total. The maximum atomic E-state index is 11.8. The molecule has 2 amide bonds. The van der Waals surface area contributed by atoms with Gasteiger partial charge < -0.3 is 9.94 Å². The molecule has 0 bridgehead atoms. The molecular weight excluding hydrogens is 262 g/mol. The minimum absolute atomic E-state index is 0.0686. The van der Waals surface area contributed by atoms with Crippen LogP contribution in [0, 0.1) is 0 Å². The number of nitrogens with zero attached hydrogens (tertiary/aromatic N) is 1. The number of hydrogen-bond acceptors (Lipinski definition) is 5. The van der Waals surface area contributed by atoms with Gasteiger partial charge in [0, 0.05) is 12.8 Å². The Bertz CT molecular complexity index is 429. The van der Waals surface area contributed by atoms with Gasteiger partial charge in [0.25, 0.3) is 11.8 Å². The van der Waals surface area contributed by atoms with Crippen LogP contribution >= 0.6 is 0 Å². The van der Waals surface area contributed by atoms with E-state index in [0.717, 1.165) is 19.3 Å². The lowest BCUT2D eigenvalue weighted by Crippen LogP contribution is -2.37. The van der Waals surface area contributed by atoms with Crippen molar-refractivity contribution in [1.82, 2.24) is 5.06 Å². The maximum Gasteiger partial charge on any atom is 0.336 e. The number of carbonyl (C=O) groups is 3. The van der Waals surface area contributed by atoms with Crippen molar-refractivity contribution >= 4 is 17.8 Å². The molecule has 0 spiro atoms. The van der Waals surface area contributed by atoms with Crippen LogP contribution < -0.4 is 0 Å². The lowest BCUT2D eigenvalue weighted by atomic mass is 9.87. The molecule has 1 aliphatic heterocycles. The molecule has 2 rings (SSSR count). The van der Waals surface area contributed by atoms with Crippen LogP contribution in [-0.2, 0) is 19.2 Å². The van der Waals surface area contributed by atoms with Crippen molar-refractivity contribution < 1.29 is 24.3 Å². The van der Waals surface area contributed by atoms with Gasteiger partial charge in [-0.05, 0) is 25.7 Å². The molecule has 6 heteroatoms. The van der Waals surface area contributed by atoms with E-state index >= 15 is 0 Å². The Labute approximate surface area is 117 Å². The number of carbonyl (C=O) groups excluding carboxylic acids is 3. The molecular formula is C14H19NO5. The number of aliphatic hydroxyl groups is 1. The van der Waals surface area contributed by atoms with Crippen LogP contribution in [0.5, 0.6) is 0 Å². The summed E-state index contributed by atoms with van der Waals surface area (Å²) in [6.07, 6.45) is 7.44. The van der Waals surface area contributed by atoms with Gasteiger partial charge in [-0.15, -0.1) is 5.06 Å². The third-order valence-electron chi connectivity index (χ3n) is 3.60. The fraction of sp³-hybridized carbons (Fsp3) is 0.643. The minimum Gasteiger partial charge on any atom is -0.389 e. The molecule has 1 aliphatic carbocycles. The van der Waals surface area contributed by atoms with Gasteiger partial charge in [-0.1, -0.05) is 18.6 Å². The summed E-state index contributed by atoms with van der Waals surface area (Å²) in [4.78, 5) is 39.3. The molecule has 1 saturated heterocycles. The van der Waals surface area contributed by atoms with E-state index in [2.05, 4.69) is 0 Å². The van der Waals surface area contributed by atoms with E-state index in [0.29, 0.717) is 17.9 Å². The van der Waals surface area contributed by atoms with Crippen molar-refractivity contribution in [3.05, 3.63) is 12.2 Å². The van der Waals surface area contributed by atoms with Crippen LogP contribution in [0.25, 0.3) is 0 Å². The molecule has 1 atom stereocenters. The third kappa shape index (κ3) is 3.66. The van der Waals surface area contributed by atoms with Gasteiger partial charge in [0.1, 0.15) is 0 Å². The van der Waals surface area contributed by atoms with Crippen molar-refractivity contribution in [2.24, 2.45) is 0 Å². The van der Waals surface area contributed by atoms with Crippen molar-refractivity contribution in [2.45, 2.75) is 57.0 Å². The molecule has 1 fully saturated rings. The molecule has 110 valence electrons. The molecule has 0 saturated carbocycles. The highest BCUT2D eigenvalue weighted by molar-refractivity contribution is 6.01. The molecule has 2 aliphatic rings. The summed E-state index contributed by atoms with van der Waals surface area (Å²) < 4.78 is 0. The Morgan fingerprint density at radius 2 is 1.95 bits per heavy atom. The van der Waals surface area contributed by atoms with Crippen LogP contribution in [0.4, 0.5) is 0 Å². The van der Waals surface area contributed by atoms with Crippen LogP contribution in [0.2, 0.25) is 0 Å². The first-order chi connectivity index (χ1) is 9.50. The molecule has 0 aromatic heterocycles. The van der Waals surface area contributed by atoms with E-state index in [4.69, 9.17) is 4.84 Å². The van der Waals surface area contributed by atoms with Gasteiger partial charge in [-0.3, -0.25) is 9.59 Å².